The average molecular weight is 270 g/mol. The molecule has 0 saturated heterocycles. The van der Waals surface area contributed by atoms with Crippen molar-refractivity contribution in [1.82, 2.24) is 15.0 Å². The molecule has 1 aromatic carbocycles. The highest BCUT2D eigenvalue weighted by molar-refractivity contribution is 7.09. The maximum Gasteiger partial charge on any atom is 0.181 e. The van der Waals surface area contributed by atoms with Crippen molar-refractivity contribution >= 4 is 28.1 Å². The number of aromatic nitrogens is 3. The highest BCUT2D eigenvalue weighted by atomic mass is 32.1. The molecular formula is C14H14N4S. The van der Waals surface area contributed by atoms with Gasteiger partial charge in [-0.25, -0.2) is 15.0 Å². The zero-order valence-electron chi connectivity index (χ0n) is 11.1. The molecule has 0 spiro atoms. The molecule has 0 radical (unpaired) electrons. The molecule has 4 nitrogen and oxygen atoms in total. The second-order valence-electron chi connectivity index (χ2n) is 4.37. The number of nitrogens with zero attached hydrogens (tertiary/aromatic N) is 3. The summed E-state index contributed by atoms with van der Waals surface area (Å²) in [6.07, 6.45) is 0. The summed E-state index contributed by atoms with van der Waals surface area (Å²) < 4.78 is 0. The van der Waals surface area contributed by atoms with Crippen LogP contribution in [0.2, 0.25) is 0 Å². The Morgan fingerprint density at radius 3 is 2.63 bits per heavy atom. The van der Waals surface area contributed by atoms with Crippen LogP contribution < -0.4 is 5.32 Å². The quantitative estimate of drug-likeness (QED) is 0.775. The Morgan fingerprint density at radius 2 is 1.95 bits per heavy atom. The summed E-state index contributed by atoms with van der Waals surface area (Å²) in [6, 6.07) is 6.11. The molecule has 0 atom stereocenters. The Bertz CT molecular complexity index is 748. The molecule has 3 rings (SSSR count). The molecule has 1 N–H and O–H groups in total. The van der Waals surface area contributed by atoms with Crippen molar-refractivity contribution in [2.75, 3.05) is 12.4 Å². The van der Waals surface area contributed by atoms with Gasteiger partial charge in [0.05, 0.1) is 10.5 Å². The van der Waals surface area contributed by atoms with E-state index in [1.165, 1.54) is 0 Å². The molecule has 0 unspecified atom stereocenters. The standard InChI is InChI=1S/C14H14N4S/c1-8-5-4-6-10-12(8)17-14(18-13(10)15-3)11-7-19-9(2)16-11/h4-7H,1-3H3,(H,15,17,18). The van der Waals surface area contributed by atoms with Gasteiger partial charge in [-0.1, -0.05) is 12.1 Å². The van der Waals surface area contributed by atoms with E-state index in [0.717, 1.165) is 33.0 Å². The number of fused-ring (bicyclic) bond motifs is 1. The van der Waals surface area contributed by atoms with Crippen molar-refractivity contribution in [2.24, 2.45) is 0 Å². The van der Waals surface area contributed by atoms with Gasteiger partial charge in [0.1, 0.15) is 11.5 Å². The Balaban J connectivity index is 2.30. The van der Waals surface area contributed by atoms with Gasteiger partial charge in [-0.05, 0) is 25.5 Å². The summed E-state index contributed by atoms with van der Waals surface area (Å²) in [5.41, 5.74) is 2.95. The summed E-state index contributed by atoms with van der Waals surface area (Å²) in [7, 11) is 1.88. The molecule has 5 heteroatoms. The van der Waals surface area contributed by atoms with Crippen LogP contribution >= 0.6 is 11.3 Å². The fourth-order valence-corrected chi connectivity index (χ4v) is 2.66. The van der Waals surface area contributed by atoms with E-state index in [1.807, 2.05) is 31.5 Å². The number of anilines is 1. The molecule has 0 amide bonds. The van der Waals surface area contributed by atoms with E-state index in [2.05, 4.69) is 33.3 Å². The number of aryl methyl sites for hydroxylation is 2. The van der Waals surface area contributed by atoms with E-state index in [-0.39, 0.29) is 0 Å². The molecule has 0 aliphatic rings. The van der Waals surface area contributed by atoms with Crippen molar-refractivity contribution in [3.63, 3.8) is 0 Å². The Labute approximate surface area is 115 Å². The van der Waals surface area contributed by atoms with Crippen molar-refractivity contribution in [2.45, 2.75) is 13.8 Å². The number of hydrogen-bond acceptors (Lipinski definition) is 5. The average Bonchev–Trinajstić information content (AvgIpc) is 2.85. The lowest BCUT2D eigenvalue weighted by Crippen LogP contribution is -1.99. The van der Waals surface area contributed by atoms with Gasteiger partial charge in [0.25, 0.3) is 0 Å². The largest absolute Gasteiger partial charge is 0.373 e. The fourth-order valence-electron chi connectivity index (χ4n) is 2.07. The number of benzene rings is 1. The highest BCUT2D eigenvalue weighted by Crippen LogP contribution is 2.27. The number of hydrogen-bond donors (Lipinski definition) is 1. The Kier molecular flexibility index (Phi) is 2.91. The van der Waals surface area contributed by atoms with Crippen LogP contribution in [-0.2, 0) is 0 Å². The summed E-state index contributed by atoms with van der Waals surface area (Å²) in [6.45, 7) is 4.05. The van der Waals surface area contributed by atoms with Gasteiger partial charge in [0.2, 0.25) is 0 Å². The highest BCUT2D eigenvalue weighted by Gasteiger charge is 2.11. The van der Waals surface area contributed by atoms with Crippen LogP contribution in [0.1, 0.15) is 10.6 Å². The van der Waals surface area contributed by atoms with E-state index in [0.29, 0.717) is 5.82 Å². The van der Waals surface area contributed by atoms with Crippen LogP contribution in [0.15, 0.2) is 23.6 Å². The fraction of sp³-hybridized carbons (Fsp3) is 0.214. The molecule has 96 valence electrons. The SMILES string of the molecule is CNc1nc(-c2csc(C)n2)nc2c(C)cccc12. The molecule has 2 aromatic heterocycles. The Hall–Kier alpha value is -2.01. The van der Waals surface area contributed by atoms with E-state index in [9.17, 15) is 0 Å². The lowest BCUT2D eigenvalue weighted by atomic mass is 10.1. The van der Waals surface area contributed by atoms with Gasteiger partial charge in [0.15, 0.2) is 5.82 Å². The second kappa shape index (κ2) is 4.59. The molecular weight excluding hydrogens is 256 g/mol. The molecule has 2 heterocycles. The third-order valence-corrected chi connectivity index (χ3v) is 3.79. The summed E-state index contributed by atoms with van der Waals surface area (Å²) in [5.74, 6) is 1.52. The minimum atomic E-state index is 0.676. The van der Waals surface area contributed by atoms with Crippen LogP contribution in [-0.4, -0.2) is 22.0 Å². The predicted octanol–water partition coefficient (Wildman–Crippen LogP) is 3.41. The predicted molar refractivity (Wildman–Crippen MR) is 79.7 cm³/mol. The maximum absolute atomic E-state index is 4.66. The van der Waals surface area contributed by atoms with Crippen LogP contribution in [0, 0.1) is 13.8 Å². The lowest BCUT2D eigenvalue weighted by Gasteiger charge is -2.08. The third-order valence-electron chi connectivity index (χ3n) is 3.01. The zero-order chi connectivity index (χ0) is 13.4. The first kappa shape index (κ1) is 12.0. The first-order valence-electron chi connectivity index (χ1n) is 6.06. The monoisotopic (exact) mass is 270 g/mol. The summed E-state index contributed by atoms with van der Waals surface area (Å²) in [4.78, 5) is 13.7. The normalized spacial score (nSPS) is 10.9. The minimum absolute atomic E-state index is 0.676. The molecule has 0 bridgehead atoms. The summed E-state index contributed by atoms with van der Waals surface area (Å²) >= 11 is 1.61. The molecule has 0 fully saturated rings. The number of rotatable bonds is 2. The van der Waals surface area contributed by atoms with Gasteiger partial charge in [-0.2, -0.15) is 0 Å². The second-order valence-corrected chi connectivity index (χ2v) is 5.43. The van der Waals surface area contributed by atoms with Gasteiger partial charge in [-0.15, -0.1) is 11.3 Å². The molecule has 19 heavy (non-hydrogen) atoms. The Morgan fingerprint density at radius 1 is 1.11 bits per heavy atom. The minimum Gasteiger partial charge on any atom is -0.373 e. The molecule has 3 aromatic rings. The van der Waals surface area contributed by atoms with Crippen molar-refractivity contribution in [1.29, 1.82) is 0 Å². The topological polar surface area (TPSA) is 50.7 Å². The molecule has 0 saturated carbocycles. The maximum atomic E-state index is 4.66. The van der Waals surface area contributed by atoms with Gasteiger partial charge in [-0.3, -0.25) is 0 Å². The number of thiazole rings is 1. The number of para-hydroxylation sites is 1. The van der Waals surface area contributed by atoms with Crippen molar-refractivity contribution < 1.29 is 0 Å². The van der Waals surface area contributed by atoms with Crippen molar-refractivity contribution in [3.05, 3.63) is 34.2 Å². The number of nitrogens with one attached hydrogen (secondary N) is 1. The lowest BCUT2D eigenvalue weighted by molar-refractivity contribution is 1.17. The van der Waals surface area contributed by atoms with Gasteiger partial charge in [0, 0.05) is 17.8 Å². The van der Waals surface area contributed by atoms with E-state index in [1.54, 1.807) is 11.3 Å². The van der Waals surface area contributed by atoms with Crippen molar-refractivity contribution in [3.8, 4) is 11.5 Å². The molecule has 0 aliphatic heterocycles. The van der Waals surface area contributed by atoms with E-state index >= 15 is 0 Å². The van der Waals surface area contributed by atoms with Crippen LogP contribution in [0.5, 0.6) is 0 Å². The third kappa shape index (κ3) is 2.06. The van der Waals surface area contributed by atoms with Gasteiger partial charge >= 0.3 is 0 Å². The van der Waals surface area contributed by atoms with Crippen LogP contribution in [0.4, 0.5) is 5.82 Å². The summed E-state index contributed by atoms with van der Waals surface area (Å²) in [5, 5.41) is 7.20. The first-order chi connectivity index (χ1) is 9.19. The smallest absolute Gasteiger partial charge is 0.181 e. The zero-order valence-corrected chi connectivity index (χ0v) is 11.9. The first-order valence-corrected chi connectivity index (χ1v) is 6.94. The van der Waals surface area contributed by atoms with Crippen LogP contribution in [0.3, 0.4) is 0 Å². The van der Waals surface area contributed by atoms with Crippen LogP contribution in [0.25, 0.3) is 22.4 Å². The van der Waals surface area contributed by atoms with E-state index in [4.69, 9.17) is 0 Å². The van der Waals surface area contributed by atoms with E-state index < -0.39 is 0 Å². The molecule has 0 aliphatic carbocycles. The van der Waals surface area contributed by atoms with Gasteiger partial charge < -0.3 is 5.32 Å².